The van der Waals surface area contributed by atoms with Crippen LogP contribution in [0.15, 0.2) is 12.2 Å². The van der Waals surface area contributed by atoms with E-state index in [9.17, 15) is 19.5 Å². The maximum Gasteiger partial charge on any atom is 0.306 e. The minimum Gasteiger partial charge on any atom is -0.481 e. The summed E-state index contributed by atoms with van der Waals surface area (Å²) in [4.78, 5) is 38.3. The first kappa shape index (κ1) is 34.5. The van der Waals surface area contributed by atoms with Crippen molar-refractivity contribution in [3.63, 3.8) is 0 Å². The molecule has 0 aliphatic heterocycles. The summed E-state index contributed by atoms with van der Waals surface area (Å²) in [5.41, 5.74) is 0.746. The summed E-state index contributed by atoms with van der Waals surface area (Å²) in [6.45, 7) is 25.5. The molecule has 3 unspecified atom stereocenters. The first-order valence-corrected chi connectivity index (χ1v) is 18.1. The van der Waals surface area contributed by atoms with Crippen molar-refractivity contribution in [3.8, 4) is 0 Å². The van der Waals surface area contributed by atoms with Crippen LogP contribution in [-0.2, 0) is 19.1 Å². The van der Waals surface area contributed by atoms with Crippen LogP contribution < -0.4 is 5.32 Å². The van der Waals surface area contributed by atoms with E-state index in [0.29, 0.717) is 42.0 Å². The maximum atomic E-state index is 13.8. The van der Waals surface area contributed by atoms with Crippen LogP contribution in [0.3, 0.4) is 0 Å². The van der Waals surface area contributed by atoms with E-state index in [4.69, 9.17) is 4.74 Å². The number of rotatable bonds is 8. The molecular weight excluding hydrogens is 562 g/mol. The zero-order valence-electron chi connectivity index (χ0n) is 29.9. The summed E-state index contributed by atoms with van der Waals surface area (Å²) in [6, 6.07) is 0. The second-order valence-corrected chi connectivity index (χ2v) is 18.5. The van der Waals surface area contributed by atoms with Crippen molar-refractivity contribution in [2.24, 2.45) is 62.1 Å². The lowest BCUT2D eigenvalue weighted by Crippen LogP contribution is -2.67. The van der Waals surface area contributed by atoms with Gasteiger partial charge in [-0.25, -0.2) is 0 Å². The Balaban J connectivity index is 1.40. The highest BCUT2D eigenvalue weighted by Gasteiger charge is 2.72. The molecule has 5 rings (SSSR count). The van der Waals surface area contributed by atoms with Crippen LogP contribution in [0.5, 0.6) is 0 Å². The van der Waals surface area contributed by atoms with Gasteiger partial charge in [0.2, 0.25) is 5.91 Å². The lowest BCUT2D eigenvalue weighted by atomic mass is 9.32. The van der Waals surface area contributed by atoms with Crippen LogP contribution in [0.1, 0.15) is 139 Å². The number of carbonyl (C=O) groups excluding carboxylic acids is 2. The molecule has 0 radical (unpaired) electrons. The fourth-order valence-corrected chi connectivity index (χ4v) is 13.1. The normalized spacial score (nSPS) is 43.6. The largest absolute Gasteiger partial charge is 0.481 e. The van der Waals surface area contributed by atoms with Gasteiger partial charge >= 0.3 is 11.9 Å². The highest BCUT2D eigenvalue weighted by molar-refractivity contribution is 5.83. The molecule has 0 saturated heterocycles. The van der Waals surface area contributed by atoms with Crippen LogP contribution >= 0.6 is 0 Å². The third kappa shape index (κ3) is 5.21. The second-order valence-electron chi connectivity index (χ2n) is 18.5. The zero-order chi connectivity index (χ0) is 33.4. The Hall–Kier alpha value is -1.85. The van der Waals surface area contributed by atoms with Crippen molar-refractivity contribution in [1.82, 2.24) is 5.32 Å². The van der Waals surface area contributed by atoms with Gasteiger partial charge < -0.3 is 15.2 Å². The van der Waals surface area contributed by atoms with E-state index in [1.165, 1.54) is 24.8 Å². The van der Waals surface area contributed by atoms with Gasteiger partial charge in [0.1, 0.15) is 6.10 Å². The van der Waals surface area contributed by atoms with Gasteiger partial charge in [-0.2, -0.15) is 0 Å². The van der Waals surface area contributed by atoms with Crippen molar-refractivity contribution >= 4 is 17.8 Å². The minimum absolute atomic E-state index is 0.0464. The van der Waals surface area contributed by atoms with Gasteiger partial charge in [-0.1, -0.05) is 60.6 Å². The number of allylic oxidation sites excluding steroid dienone is 1. The molecule has 5 aliphatic carbocycles. The van der Waals surface area contributed by atoms with Gasteiger partial charge in [0.05, 0.1) is 18.3 Å². The van der Waals surface area contributed by atoms with Crippen molar-refractivity contribution in [2.45, 2.75) is 145 Å². The molecule has 5 aliphatic rings. The van der Waals surface area contributed by atoms with Crippen LogP contribution in [0.2, 0.25) is 0 Å². The number of ether oxygens (including phenoxy) is 1. The first-order valence-electron chi connectivity index (χ1n) is 18.1. The van der Waals surface area contributed by atoms with E-state index in [2.05, 4.69) is 53.4 Å². The van der Waals surface area contributed by atoms with E-state index >= 15 is 0 Å². The molecule has 2 N–H and O–H groups in total. The molecule has 6 heteroatoms. The number of hydrogen-bond donors (Lipinski definition) is 2. The maximum absolute atomic E-state index is 13.8. The number of carboxylic acid groups (broad SMARTS) is 1. The number of esters is 1. The first-order chi connectivity index (χ1) is 20.8. The van der Waals surface area contributed by atoms with Gasteiger partial charge in [-0.3, -0.25) is 14.4 Å². The fourth-order valence-electron chi connectivity index (χ4n) is 13.1. The molecule has 6 nitrogen and oxygen atoms in total. The molecule has 5 saturated carbocycles. The Morgan fingerprint density at radius 2 is 1.56 bits per heavy atom. The lowest BCUT2D eigenvalue weighted by Gasteiger charge is -2.72. The molecule has 0 aromatic rings. The van der Waals surface area contributed by atoms with Crippen molar-refractivity contribution in [1.29, 1.82) is 0 Å². The molecule has 5 fully saturated rings. The molecule has 0 aromatic heterocycles. The number of fused-ring (bicyclic) bond motifs is 7. The molecule has 0 heterocycles. The van der Waals surface area contributed by atoms with E-state index < -0.39 is 11.4 Å². The Kier molecular flexibility index (Phi) is 8.73. The van der Waals surface area contributed by atoms with E-state index in [1.54, 1.807) is 0 Å². The summed E-state index contributed by atoms with van der Waals surface area (Å²) in [5.74, 6) is 1.52. The summed E-state index contributed by atoms with van der Waals surface area (Å²) in [6.07, 6.45) is 10.7. The smallest absolute Gasteiger partial charge is 0.306 e. The monoisotopic (exact) mass is 625 g/mol. The molecule has 0 spiro atoms. The fraction of sp³-hybridized carbons (Fsp3) is 0.872. The predicted octanol–water partition coefficient (Wildman–Crippen LogP) is 8.58. The Bertz CT molecular complexity index is 1220. The number of carboxylic acids is 1. The molecule has 0 bridgehead atoms. The number of carbonyl (C=O) groups is 3. The highest BCUT2D eigenvalue weighted by Crippen LogP contribution is 2.77. The van der Waals surface area contributed by atoms with Gasteiger partial charge in [-0.15, -0.1) is 0 Å². The third-order valence-electron chi connectivity index (χ3n) is 15.3. The number of hydrogen-bond acceptors (Lipinski definition) is 4. The Labute approximate surface area is 273 Å². The van der Waals surface area contributed by atoms with E-state index in [0.717, 1.165) is 44.9 Å². The summed E-state index contributed by atoms with van der Waals surface area (Å²) in [5, 5.41) is 12.6. The number of nitrogens with one attached hydrogen (secondary N) is 1. The third-order valence-corrected chi connectivity index (χ3v) is 15.3. The lowest BCUT2D eigenvalue weighted by molar-refractivity contribution is -0.249. The quantitative estimate of drug-likeness (QED) is 0.208. The Morgan fingerprint density at radius 1 is 0.867 bits per heavy atom. The topological polar surface area (TPSA) is 92.7 Å². The van der Waals surface area contributed by atoms with Crippen LogP contribution in [0.4, 0.5) is 0 Å². The van der Waals surface area contributed by atoms with Crippen LogP contribution in [0.25, 0.3) is 0 Å². The average Bonchev–Trinajstić information content (AvgIpc) is 3.31. The molecule has 1 amide bonds. The summed E-state index contributed by atoms with van der Waals surface area (Å²) < 4.78 is 6.24. The van der Waals surface area contributed by atoms with Gasteiger partial charge in [0.15, 0.2) is 0 Å². The zero-order valence-corrected chi connectivity index (χ0v) is 29.9. The Morgan fingerprint density at radius 3 is 2.18 bits per heavy atom. The van der Waals surface area contributed by atoms with E-state index in [-0.39, 0.29) is 52.0 Å². The highest BCUT2D eigenvalue weighted by atomic mass is 16.5. The van der Waals surface area contributed by atoms with Gasteiger partial charge in [0, 0.05) is 12.0 Å². The van der Waals surface area contributed by atoms with Gasteiger partial charge in [-0.05, 0) is 129 Å². The predicted molar refractivity (Wildman–Crippen MR) is 178 cm³/mol. The standard InChI is InChI=1S/C39H63NO5/c1-11-40-33(44)39-19-14-25(24(2)3)32(39)26-12-13-28-36(8)17-16-29(45-31(43)23-34(4,5)22-30(41)42)35(6,7)27(36)15-18-38(28,10)37(26,9)20-21-39/h25-29,32H,2,11-23H2,1,3-10H3,(H,40,44)(H,41,42)/t25-,26+,27?,28?,29-,32?,36-,37+,38+,39-/m0/s1. The van der Waals surface area contributed by atoms with Crippen molar-refractivity contribution in [3.05, 3.63) is 12.2 Å². The second kappa shape index (κ2) is 11.4. The number of amides is 1. The minimum atomic E-state index is -0.883. The van der Waals surface area contributed by atoms with Crippen molar-refractivity contribution in [2.75, 3.05) is 6.54 Å². The van der Waals surface area contributed by atoms with Crippen molar-refractivity contribution < 1.29 is 24.2 Å². The SMILES string of the molecule is C=C(C)[C@@H]1CC[C@]2(C(=O)NCC)CC[C@]3(C)[C@H](CCC4[C@@]5(C)CC[C@H](OC(=O)CC(C)(C)CC(=O)O)C(C)(C)C5CC[C@]43C)C12. The summed E-state index contributed by atoms with van der Waals surface area (Å²) in [7, 11) is 0. The molecule has 0 aromatic carbocycles. The van der Waals surface area contributed by atoms with E-state index in [1.807, 2.05) is 20.8 Å². The number of aliphatic carboxylic acids is 1. The van der Waals surface area contributed by atoms with Gasteiger partial charge in [0.25, 0.3) is 0 Å². The summed E-state index contributed by atoms with van der Waals surface area (Å²) >= 11 is 0. The molecule has 45 heavy (non-hydrogen) atoms. The average molecular weight is 626 g/mol. The van der Waals surface area contributed by atoms with Crippen LogP contribution in [0, 0.1) is 62.1 Å². The molecular formula is C39H63NO5. The molecule has 254 valence electrons. The van der Waals surface area contributed by atoms with Crippen LogP contribution in [-0.4, -0.2) is 35.6 Å². The molecule has 10 atom stereocenters.